The molecular formula is C12H14Cl2. The summed E-state index contributed by atoms with van der Waals surface area (Å²) in [5, 5.41) is 0.761. The fraction of sp³-hybridized carbons (Fsp3) is 0.333. The highest BCUT2D eigenvalue weighted by molar-refractivity contribution is 6.30. The lowest BCUT2D eigenvalue weighted by Crippen LogP contribution is -1.94. The number of alkyl halides is 1. The summed E-state index contributed by atoms with van der Waals surface area (Å²) in [5.74, 6) is 1.05. The summed E-state index contributed by atoms with van der Waals surface area (Å²) in [5.41, 5.74) is 2.34. The monoisotopic (exact) mass is 228 g/mol. The first-order chi connectivity index (χ1) is 6.63. The molecule has 0 nitrogen and oxygen atoms in total. The van der Waals surface area contributed by atoms with Crippen LogP contribution in [0.25, 0.3) is 6.08 Å². The molecule has 0 aliphatic carbocycles. The van der Waals surface area contributed by atoms with Crippen molar-refractivity contribution in [3.05, 3.63) is 40.4 Å². The Kier molecular flexibility index (Phi) is 4.50. The molecule has 0 aliphatic heterocycles. The minimum atomic E-state index is 0.478. The first-order valence-electron chi connectivity index (χ1n) is 4.65. The van der Waals surface area contributed by atoms with Crippen molar-refractivity contribution in [2.45, 2.75) is 13.8 Å². The highest BCUT2D eigenvalue weighted by Crippen LogP contribution is 2.18. The molecule has 0 saturated carbocycles. The summed E-state index contributed by atoms with van der Waals surface area (Å²) in [4.78, 5) is 0. The van der Waals surface area contributed by atoms with Gasteiger partial charge in [-0.05, 0) is 23.6 Å². The van der Waals surface area contributed by atoms with Gasteiger partial charge in [0.25, 0.3) is 0 Å². The van der Waals surface area contributed by atoms with Crippen LogP contribution >= 0.6 is 23.2 Å². The molecule has 0 N–H and O–H groups in total. The molecule has 0 aromatic heterocycles. The van der Waals surface area contributed by atoms with Gasteiger partial charge >= 0.3 is 0 Å². The van der Waals surface area contributed by atoms with Crippen LogP contribution in [0.3, 0.4) is 0 Å². The SMILES string of the molecule is CC(C)C(=Cc1cccc(Cl)c1)CCl. The second-order valence-electron chi connectivity index (χ2n) is 3.56. The minimum absolute atomic E-state index is 0.478. The van der Waals surface area contributed by atoms with E-state index in [1.807, 2.05) is 24.3 Å². The average molecular weight is 229 g/mol. The molecule has 0 amide bonds. The van der Waals surface area contributed by atoms with Crippen molar-refractivity contribution in [3.8, 4) is 0 Å². The van der Waals surface area contributed by atoms with E-state index in [0.29, 0.717) is 11.8 Å². The Labute approximate surface area is 95.5 Å². The molecule has 2 heteroatoms. The number of rotatable bonds is 3. The van der Waals surface area contributed by atoms with Gasteiger partial charge in [-0.1, -0.05) is 49.2 Å². The van der Waals surface area contributed by atoms with E-state index >= 15 is 0 Å². The maximum atomic E-state index is 5.89. The van der Waals surface area contributed by atoms with Gasteiger partial charge in [0.15, 0.2) is 0 Å². The number of halogens is 2. The molecule has 0 unspecified atom stereocenters. The van der Waals surface area contributed by atoms with Crippen LogP contribution in [-0.2, 0) is 0 Å². The van der Waals surface area contributed by atoms with Crippen LogP contribution in [0.2, 0.25) is 5.02 Å². The van der Waals surface area contributed by atoms with Crippen molar-refractivity contribution in [2.75, 3.05) is 5.88 Å². The fourth-order valence-electron chi connectivity index (χ4n) is 1.17. The van der Waals surface area contributed by atoms with Gasteiger partial charge in [-0.3, -0.25) is 0 Å². The van der Waals surface area contributed by atoms with Crippen LogP contribution in [0.4, 0.5) is 0 Å². The summed E-state index contributed by atoms with van der Waals surface area (Å²) in [7, 11) is 0. The lowest BCUT2D eigenvalue weighted by Gasteiger charge is -2.07. The lowest BCUT2D eigenvalue weighted by atomic mass is 10.0. The Morgan fingerprint density at radius 2 is 2.14 bits per heavy atom. The van der Waals surface area contributed by atoms with Crippen molar-refractivity contribution in [1.82, 2.24) is 0 Å². The normalized spacial score (nSPS) is 12.2. The van der Waals surface area contributed by atoms with Gasteiger partial charge in [-0.15, -0.1) is 11.6 Å². The molecule has 1 aromatic carbocycles. The zero-order valence-corrected chi connectivity index (χ0v) is 9.94. The van der Waals surface area contributed by atoms with Crippen molar-refractivity contribution in [3.63, 3.8) is 0 Å². The van der Waals surface area contributed by atoms with E-state index in [0.717, 1.165) is 10.6 Å². The first-order valence-corrected chi connectivity index (χ1v) is 5.56. The van der Waals surface area contributed by atoms with Crippen molar-refractivity contribution in [1.29, 1.82) is 0 Å². The molecule has 1 aromatic rings. The summed E-state index contributed by atoms with van der Waals surface area (Å²) in [6.45, 7) is 4.28. The first kappa shape index (κ1) is 11.6. The Balaban J connectivity index is 2.94. The molecule has 0 atom stereocenters. The summed E-state index contributed by atoms with van der Waals surface area (Å²) in [6, 6.07) is 7.78. The number of hydrogen-bond acceptors (Lipinski definition) is 0. The predicted molar refractivity (Wildman–Crippen MR) is 65.0 cm³/mol. The number of benzene rings is 1. The van der Waals surface area contributed by atoms with Gasteiger partial charge in [0.05, 0.1) is 0 Å². The van der Waals surface area contributed by atoms with E-state index in [1.165, 1.54) is 5.57 Å². The number of hydrogen-bond donors (Lipinski definition) is 0. The molecule has 0 bridgehead atoms. The van der Waals surface area contributed by atoms with E-state index in [9.17, 15) is 0 Å². The quantitative estimate of drug-likeness (QED) is 0.663. The van der Waals surface area contributed by atoms with Crippen LogP contribution in [0.5, 0.6) is 0 Å². The zero-order chi connectivity index (χ0) is 10.6. The van der Waals surface area contributed by atoms with E-state index in [2.05, 4.69) is 19.9 Å². The van der Waals surface area contributed by atoms with Gasteiger partial charge in [-0.25, -0.2) is 0 Å². The highest BCUT2D eigenvalue weighted by atomic mass is 35.5. The van der Waals surface area contributed by atoms with Crippen LogP contribution in [0, 0.1) is 5.92 Å². The zero-order valence-electron chi connectivity index (χ0n) is 8.43. The van der Waals surface area contributed by atoms with E-state index in [1.54, 1.807) is 0 Å². The molecule has 0 fully saturated rings. The van der Waals surface area contributed by atoms with Crippen LogP contribution in [-0.4, -0.2) is 5.88 Å². The third-order valence-electron chi connectivity index (χ3n) is 2.10. The van der Waals surface area contributed by atoms with Crippen molar-refractivity contribution >= 4 is 29.3 Å². The Morgan fingerprint density at radius 1 is 1.43 bits per heavy atom. The Morgan fingerprint density at radius 3 is 2.64 bits per heavy atom. The van der Waals surface area contributed by atoms with Crippen LogP contribution < -0.4 is 0 Å². The molecule has 76 valence electrons. The van der Waals surface area contributed by atoms with Gasteiger partial charge in [0.1, 0.15) is 0 Å². The molecule has 0 aliphatic rings. The molecular weight excluding hydrogens is 215 g/mol. The van der Waals surface area contributed by atoms with Crippen molar-refractivity contribution < 1.29 is 0 Å². The summed E-state index contributed by atoms with van der Waals surface area (Å²) >= 11 is 11.7. The third kappa shape index (κ3) is 3.36. The van der Waals surface area contributed by atoms with Gasteiger partial charge < -0.3 is 0 Å². The van der Waals surface area contributed by atoms with Crippen LogP contribution in [0.15, 0.2) is 29.8 Å². The van der Waals surface area contributed by atoms with Crippen LogP contribution in [0.1, 0.15) is 19.4 Å². The minimum Gasteiger partial charge on any atom is -0.122 e. The Bertz CT molecular complexity index is 327. The number of allylic oxidation sites excluding steroid dienone is 1. The lowest BCUT2D eigenvalue weighted by molar-refractivity contribution is 0.778. The fourth-order valence-corrected chi connectivity index (χ4v) is 1.75. The molecule has 0 heterocycles. The predicted octanol–water partition coefficient (Wildman–Crippen LogP) is 4.62. The molecule has 0 radical (unpaired) electrons. The van der Waals surface area contributed by atoms with Crippen molar-refractivity contribution in [2.24, 2.45) is 5.92 Å². The van der Waals surface area contributed by atoms with Gasteiger partial charge in [0.2, 0.25) is 0 Å². The van der Waals surface area contributed by atoms with E-state index in [-0.39, 0.29) is 0 Å². The average Bonchev–Trinajstić information content (AvgIpc) is 2.14. The molecule has 14 heavy (non-hydrogen) atoms. The molecule has 1 rings (SSSR count). The maximum Gasteiger partial charge on any atom is 0.0439 e. The highest BCUT2D eigenvalue weighted by Gasteiger charge is 2.01. The standard InChI is InChI=1S/C12H14Cl2/c1-9(2)11(8-13)6-10-4-3-5-12(14)7-10/h3-7,9H,8H2,1-2H3. The van der Waals surface area contributed by atoms with E-state index < -0.39 is 0 Å². The largest absolute Gasteiger partial charge is 0.122 e. The Hall–Kier alpha value is -0.460. The van der Waals surface area contributed by atoms with Gasteiger partial charge in [-0.2, -0.15) is 0 Å². The smallest absolute Gasteiger partial charge is 0.0439 e. The topological polar surface area (TPSA) is 0 Å². The molecule has 0 saturated heterocycles. The van der Waals surface area contributed by atoms with E-state index in [4.69, 9.17) is 23.2 Å². The second-order valence-corrected chi connectivity index (χ2v) is 4.27. The second kappa shape index (κ2) is 5.43. The summed E-state index contributed by atoms with van der Waals surface area (Å²) in [6.07, 6.45) is 2.10. The summed E-state index contributed by atoms with van der Waals surface area (Å²) < 4.78 is 0. The molecule has 0 spiro atoms. The third-order valence-corrected chi connectivity index (χ3v) is 2.64. The van der Waals surface area contributed by atoms with Gasteiger partial charge in [0, 0.05) is 10.9 Å². The maximum absolute atomic E-state index is 5.89.